The van der Waals surface area contributed by atoms with Crippen LogP contribution in [-0.2, 0) is 4.74 Å². The zero-order valence-electron chi connectivity index (χ0n) is 13.2. The van der Waals surface area contributed by atoms with Gasteiger partial charge in [0.05, 0.1) is 24.4 Å². The maximum atomic E-state index is 12.0. The number of hydrogen-bond acceptors (Lipinski definition) is 5. The minimum Gasteiger partial charge on any atom is -0.444 e. The number of amides is 1. The molecule has 1 aromatic rings. The summed E-state index contributed by atoms with van der Waals surface area (Å²) in [5.74, 6) is 0. The van der Waals surface area contributed by atoms with Crippen molar-refractivity contribution in [3.63, 3.8) is 0 Å². The summed E-state index contributed by atoms with van der Waals surface area (Å²) in [4.78, 5) is 27.7. The highest BCUT2D eigenvalue weighted by atomic mass is 16.6. The molecule has 0 spiro atoms. The van der Waals surface area contributed by atoms with Gasteiger partial charge in [0, 0.05) is 12.4 Å². The van der Waals surface area contributed by atoms with Crippen LogP contribution in [0.15, 0.2) is 23.4 Å². The third kappa shape index (κ3) is 4.30. The molecule has 0 saturated heterocycles. The lowest BCUT2D eigenvalue weighted by Gasteiger charge is -2.36. The first-order valence-electron chi connectivity index (χ1n) is 7.46. The first kappa shape index (κ1) is 16.5. The SMILES string of the molecule is CC(C)(C)OC(=O)NC1CCC(O)CC1n1ccncc1=O. The van der Waals surface area contributed by atoms with E-state index in [0.29, 0.717) is 19.3 Å². The fourth-order valence-electron chi connectivity index (χ4n) is 2.69. The topological polar surface area (TPSA) is 93.4 Å². The highest BCUT2D eigenvalue weighted by Gasteiger charge is 2.33. The van der Waals surface area contributed by atoms with E-state index in [1.54, 1.807) is 27.0 Å². The number of carbonyl (C=O) groups is 1. The van der Waals surface area contributed by atoms with Crippen molar-refractivity contribution in [1.29, 1.82) is 0 Å². The lowest BCUT2D eigenvalue weighted by atomic mass is 9.88. The second kappa shape index (κ2) is 6.48. The lowest BCUT2D eigenvalue weighted by molar-refractivity contribution is 0.0394. The first-order valence-corrected chi connectivity index (χ1v) is 7.46. The van der Waals surface area contributed by atoms with Crippen molar-refractivity contribution in [3.8, 4) is 0 Å². The van der Waals surface area contributed by atoms with E-state index in [4.69, 9.17) is 4.74 Å². The van der Waals surface area contributed by atoms with E-state index in [1.807, 2.05) is 0 Å². The van der Waals surface area contributed by atoms with Crippen LogP contribution in [0.4, 0.5) is 4.79 Å². The summed E-state index contributed by atoms with van der Waals surface area (Å²) in [5.41, 5.74) is -0.834. The van der Waals surface area contributed by atoms with Crippen molar-refractivity contribution in [2.45, 2.75) is 63.8 Å². The van der Waals surface area contributed by atoms with Crippen LogP contribution < -0.4 is 10.9 Å². The molecule has 1 saturated carbocycles. The average molecular weight is 309 g/mol. The molecule has 2 N–H and O–H groups in total. The molecular weight excluding hydrogens is 286 g/mol. The average Bonchev–Trinajstić information content (AvgIpc) is 2.39. The molecule has 2 rings (SSSR count). The number of rotatable bonds is 2. The molecule has 0 aliphatic heterocycles. The molecule has 1 aromatic heterocycles. The van der Waals surface area contributed by atoms with E-state index in [2.05, 4.69) is 10.3 Å². The number of carbonyl (C=O) groups excluding carboxylic acids is 1. The third-order valence-corrected chi connectivity index (χ3v) is 3.60. The maximum Gasteiger partial charge on any atom is 0.407 e. The van der Waals surface area contributed by atoms with Gasteiger partial charge in [0.2, 0.25) is 0 Å². The van der Waals surface area contributed by atoms with Gasteiger partial charge >= 0.3 is 6.09 Å². The summed E-state index contributed by atoms with van der Waals surface area (Å²) in [6, 6.07) is -0.579. The monoisotopic (exact) mass is 309 g/mol. The predicted octanol–water partition coefficient (Wildman–Crippen LogP) is 1.22. The van der Waals surface area contributed by atoms with Gasteiger partial charge in [-0.15, -0.1) is 0 Å². The summed E-state index contributed by atoms with van der Waals surface area (Å²) in [6.07, 6.45) is 4.90. The number of nitrogens with one attached hydrogen (secondary N) is 1. The summed E-state index contributed by atoms with van der Waals surface area (Å²) in [7, 11) is 0. The summed E-state index contributed by atoms with van der Waals surface area (Å²) >= 11 is 0. The third-order valence-electron chi connectivity index (χ3n) is 3.60. The summed E-state index contributed by atoms with van der Waals surface area (Å²) in [6.45, 7) is 5.38. The number of aromatic nitrogens is 2. The standard InChI is InChI=1S/C15H23N3O4/c1-15(2,3)22-14(21)17-11-5-4-10(19)8-12(11)18-7-6-16-9-13(18)20/h6-7,9-12,19H,4-5,8H2,1-3H3,(H,17,21). The predicted molar refractivity (Wildman–Crippen MR) is 80.5 cm³/mol. The van der Waals surface area contributed by atoms with Crippen LogP contribution in [0.1, 0.15) is 46.1 Å². The zero-order chi connectivity index (χ0) is 16.3. The Labute approximate surface area is 129 Å². The van der Waals surface area contributed by atoms with E-state index >= 15 is 0 Å². The van der Waals surface area contributed by atoms with Crippen LogP contribution >= 0.6 is 0 Å². The Morgan fingerprint density at radius 2 is 2.18 bits per heavy atom. The zero-order valence-corrected chi connectivity index (χ0v) is 13.2. The molecule has 7 nitrogen and oxygen atoms in total. The van der Waals surface area contributed by atoms with E-state index in [-0.39, 0.29) is 17.6 Å². The molecule has 122 valence electrons. The van der Waals surface area contributed by atoms with Crippen LogP contribution in [0.25, 0.3) is 0 Å². The van der Waals surface area contributed by atoms with Crippen molar-refractivity contribution in [3.05, 3.63) is 28.9 Å². The number of alkyl carbamates (subject to hydrolysis) is 1. The van der Waals surface area contributed by atoms with Gasteiger partial charge in [-0.2, -0.15) is 0 Å². The minimum absolute atomic E-state index is 0.252. The summed E-state index contributed by atoms with van der Waals surface area (Å²) < 4.78 is 6.78. The Bertz CT molecular complexity index is 579. The maximum absolute atomic E-state index is 12.0. The molecule has 1 fully saturated rings. The molecule has 0 bridgehead atoms. The van der Waals surface area contributed by atoms with Gasteiger partial charge < -0.3 is 19.7 Å². The number of ether oxygens (including phenoxy) is 1. The van der Waals surface area contributed by atoms with Crippen LogP contribution in [0.5, 0.6) is 0 Å². The van der Waals surface area contributed by atoms with Crippen molar-refractivity contribution >= 4 is 6.09 Å². The molecule has 22 heavy (non-hydrogen) atoms. The lowest BCUT2D eigenvalue weighted by Crippen LogP contribution is -2.49. The molecule has 1 amide bonds. The number of nitrogens with zero attached hydrogens (tertiary/aromatic N) is 2. The fourth-order valence-corrected chi connectivity index (χ4v) is 2.69. The number of aliphatic hydroxyl groups excluding tert-OH is 1. The second-order valence-corrected chi connectivity index (χ2v) is 6.61. The van der Waals surface area contributed by atoms with Crippen molar-refractivity contribution in [2.75, 3.05) is 0 Å². The summed E-state index contributed by atoms with van der Waals surface area (Å²) in [5, 5.41) is 12.7. The Morgan fingerprint density at radius 1 is 1.45 bits per heavy atom. The van der Waals surface area contributed by atoms with Crippen molar-refractivity contribution < 1.29 is 14.6 Å². The molecule has 1 aliphatic rings. The van der Waals surface area contributed by atoms with E-state index in [0.717, 1.165) is 0 Å². The van der Waals surface area contributed by atoms with E-state index in [9.17, 15) is 14.7 Å². The van der Waals surface area contributed by atoms with E-state index < -0.39 is 17.8 Å². The minimum atomic E-state index is -0.582. The fraction of sp³-hybridized carbons (Fsp3) is 0.667. The smallest absolute Gasteiger partial charge is 0.407 e. The van der Waals surface area contributed by atoms with Crippen molar-refractivity contribution in [1.82, 2.24) is 14.9 Å². The number of aliphatic hydroxyl groups is 1. The molecule has 3 unspecified atom stereocenters. The first-order chi connectivity index (χ1) is 10.3. The molecule has 3 atom stereocenters. The van der Waals surface area contributed by atoms with Crippen LogP contribution in [-0.4, -0.2) is 38.5 Å². The van der Waals surface area contributed by atoms with E-state index in [1.165, 1.54) is 17.0 Å². The molecule has 0 aromatic carbocycles. The molecule has 7 heteroatoms. The van der Waals surface area contributed by atoms with Gasteiger partial charge in [-0.05, 0) is 40.0 Å². The molecule has 1 heterocycles. The highest BCUT2D eigenvalue weighted by molar-refractivity contribution is 5.68. The van der Waals surface area contributed by atoms with Crippen molar-refractivity contribution in [2.24, 2.45) is 0 Å². The van der Waals surface area contributed by atoms with Gasteiger partial charge in [-0.25, -0.2) is 4.79 Å². The Morgan fingerprint density at radius 3 is 2.82 bits per heavy atom. The van der Waals surface area contributed by atoms with Gasteiger partial charge in [-0.3, -0.25) is 9.78 Å². The van der Waals surface area contributed by atoms with Gasteiger partial charge in [-0.1, -0.05) is 0 Å². The molecule has 1 aliphatic carbocycles. The van der Waals surface area contributed by atoms with Gasteiger partial charge in [0.25, 0.3) is 5.56 Å². The second-order valence-electron chi connectivity index (χ2n) is 6.61. The van der Waals surface area contributed by atoms with Crippen LogP contribution in [0, 0.1) is 0 Å². The Hall–Kier alpha value is -1.89. The largest absolute Gasteiger partial charge is 0.444 e. The normalized spacial score (nSPS) is 25.5. The van der Waals surface area contributed by atoms with Crippen LogP contribution in [0.2, 0.25) is 0 Å². The molecular formula is C15H23N3O4. The molecule has 0 radical (unpaired) electrons. The Kier molecular flexibility index (Phi) is 4.85. The van der Waals surface area contributed by atoms with Gasteiger partial charge in [0.1, 0.15) is 5.60 Å². The highest BCUT2D eigenvalue weighted by Crippen LogP contribution is 2.28. The Balaban J connectivity index is 2.16. The van der Waals surface area contributed by atoms with Crippen LogP contribution in [0.3, 0.4) is 0 Å². The number of hydrogen-bond donors (Lipinski definition) is 2. The quantitative estimate of drug-likeness (QED) is 0.857. The van der Waals surface area contributed by atoms with Gasteiger partial charge in [0.15, 0.2) is 0 Å².